The van der Waals surface area contributed by atoms with E-state index in [1.165, 1.54) is 40.6 Å². The number of nitrogens with zero attached hydrogens (tertiary/aromatic N) is 1. The van der Waals surface area contributed by atoms with Crippen molar-refractivity contribution in [2.45, 2.75) is 13.1 Å². The summed E-state index contributed by atoms with van der Waals surface area (Å²) in [5.41, 5.74) is 3.97. The Balaban J connectivity index is 1.35. The number of rotatable bonds is 1. The van der Waals surface area contributed by atoms with Crippen LogP contribution in [0.3, 0.4) is 0 Å². The summed E-state index contributed by atoms with van der Waals surface area (Å²) >= 11 is 1.31. The third-order valence-electron chi connectivity index (χ3n) is 7.83. The molecule has 0 bridgehead atoms. The van der Waals surface area contributed by atoms with Crippen LogP contribution >= 0.6 is 11.3 Å². The van der Waals surface area contributed by atoms with Crippen LogP contribution in [0, 0.1) is 0 Å². The Morgan fingerprint density at radius 3 is 2.50 bits per heavy atom. The van der Waals surface area contributed by atoms with E-state index in [0.717, 1.165) is 10.3 Å². The van der Waals surface area contributed by atoms with Crippen LogP contribution in [-0.2, 0) is 0 Å². The van der Waals surface area contributed by atoms with E-state index in [2.05, 4.69) is 76.3 Å². The molecule has 0 radical (unpaired) electrons. The number of fused-ring (bicyclic) bond motifs is 7. The molecule has 0 N–H and O–H groups in total. The summed E-state index contributed by atoms with van der Waals surface area (Å²) in [6, 6.07) is 23.5. The summed E-state index contributed by atoms with van der Waals surface area (Å²) in [6.07, 6.45) is 1.85. The molecule has 0 amide bonds. The molecule has 4 heterocycles. The molecule has 3 nitrogen and oxygen atoms in total. The number of carbonyl (C=O) groups excluding carboxylic acids is 2. The Morgan fingerprint density at radius 1 is 0.861 bits per heavy atom. The van der Waals surface area contributed by atoms with Gasteiger partial charge in [0.2, 0.25) is 0 Å². The van der Waals surface area contributed by atoms with Crippen LogP contribution in [0.25, 0.3) is 41.7 Å². The first-order valence-corrected chi connectivity index (χ1v) is 18.3. The minimum atomic E-state index is -1.98. The fraction of sp³-hybridized carbons (Fsp3) is 0.0667. The maximum absolute atomic E-state index is 13.4. The van der Waals surface area contributed by atoms with Crippen molar-refractivity contribution >= 4 is 98.5 Å². The molecule has 0 atom stereocenters. The molecule has 3 aromatic heterocycles. The van der Waals surface area contributed by atoms with Crippen molar-refractivity contribution in [2.75, 3.05) is 0 Å². The molecule has 0 unspecified atom stereocenters. The zero-order valence-electron chi connectivity index (χ0n) is 19.6. The molecule has 36 heavy (non-hydrogen) atoms. The van der Waals surface area contributed by atoms with Crippen LogP contribution in [0.1, 0.15) is 25.6 Å². The minimum absolute atomic E-state index is 0.128. The van der Waals surface area contributed by atoms with Crippen LogP contribution in [0.2, 0.25) is 13.1 Å². The van der Waals surface area contributed by atoms with Gasteiger partial charge in [0.15, 0.2) is 0 Å². The Hall–Kier alpha value is -3.01. The first kappa shape index (κ1) is 21.1. The van der Waals surface area contributed by atoms with Gasteiger partial charge < -0.3 is 0 Å². The summed E-state index contributed by atoms with van der Waals surface area (Å²) in [5, 5.41) is 7.71. The summed E-state index contributed by atoms with van der Waals surface area (Å²) in [6.45, 7) is 4.82. The van der Waals surface area contributed by atoms with E-state index in [1.54, 1.807) is 11.3 Å². The van der Waals surface area contributed by atoms with Gasteiger partial charge in [0.05, 0.1) is 0 Å². The average Bonchev–Trinajstić information content (AvgIpc) is 3.63. The SMILES string of the molecule is C[Si]1(C)c2cc(/C=C3/C(=O)c4cc5cc[te]c5cc4C3=O)sc2-n2c3ccccc3c3cccc1c32. The van der Waals surface area contributed by atoms with E-state index in [1.807, 2.05) is 18.2 Å². The van der Waals surface area contributed by atoms with E-state index in [9.17, 15) is 9.59 Å². The van der Waals surface area contributed by atoms with E-state index < -0.39 is 8.07 Å². The zero-order valence-corrected chi connectivity index (χ0v) is 23.7. The van der Waals surface area contributed by atoms with Crippen molar-refractivity contribution in [3.8, 4) is 5.00 Å². The standard InChI is InChI=1S/C30H19NO2SSiTe/c1-35(2)24-9-5-7-19-18-6-3-4-8-23(18)31(27(19)24)30-25(35)14-17(34-30)13-22-28(32)20-12-16-10-11-36-26(16)15-21(20)29(22)33/h3-15H,1-2H3/b22-13-. The van der Waals surface area contributed by atoms with Gasteiger partial charge in [-0.2, -0.15) is 0 Å². The number of para-hydroxylation sites is 2. The summed E-state index contributed by atoms with van der Waals surface area (Å²) < 4.78 is 5.87. The van der Waals surface area contributed by atoms with Gasteiger partial charge in [-0.3, -0.25) is 0 Å². The molecule has 6 aromatic rings. The van der Waals surface area contributed by atoms with Crippen molar-refractivity contribution in [2.24, 2.45) is 0 Å². The van der Waals surface area contributed by atoms with E-state index in [0.29, 0.717) is 16.7 Å². The van der Waals surface area contributed by atoms with E-state index >= 15 is 0 Å². The Kier molecular flexibility index (Phi) is 4.14. The van der Waals surface area contributed by atoms with Gasteiger partial charge in [-0.05, 0) is 0 Å². The maximum atomic E-state index is 13.4. The molecule has 0 spiro atoms. The second kappa shape index (κ2) is 7.05. The third-order valence-corrected chi connectivity index (χ3v) is 15.1. The van der Waals surface area contributed by atoms with Gasteiger partial charge in [-0.15, -0.1) is 0 Å². The molecule has 0 fully saturated rings. The topological polar surface area (TPSA) is 39.1 Å². The van der Waals surface area contributed by atoms with Crippen LogP contribution in [0.15, 0.2) is 76.4 Å². The van der Waals surface area contributed by atoms with E-state index in [-0.39, 0.29) is 32.0 Å². The molecular formula is C30H19NO2SSiTe. The number of allylic oxidation sites excluding steroid dienone is 1. The van der Waals surface area contributed by atoms with Gasteiger partial charge in [0.1, 0.15) is 0 Å². The molecule has 3 aromatic carbocycles. The fourth-order valence-corrected chi connectivity index (χ4v) is 13.2. The molecule has 1 aliphatic carbocycles. The van der Waals surface area contributed by atoms with Crippen LogP contribution < -0.4 is 10.4 Å². The molecule has 0 saturated carbocycles. The number of benzene rings is 3. The van der Waals surface area contributed by atoms with Gasteiger partial charge in [0, 0.05) is 0 Å². The molecule has 6 heteroatoms. The number of hydrogen-bond acceptors (Lipinski definition) is 3. The second-order valence-electron chi connectivity index (χ2n) is 10.1. The number of thiophene rings is 1. The fourth-order valence-electron chi connectivity index (χ4n) is 6.02. The molecule has 8 rings (SSSR count). The van der Waals surface area contributed by atoms with Crippen molar-refractivity contribution < 1.29 is 9.59 Å². The number of hydrogen-bond donors (Lipinski definition) is 0. The van der Waals surface area contributed by atoms with Gasteiger partial charge in [-0.25, -0.2) is 0 Å². The van der Waals surface area contributed by atoms with Crippen molar-refractivity contribution in [1.82, 2.24) is 4.57 Å². The molecule has 0 saturated heterocycles. The normalized spacial score (nSPS) is 17.0. The Labute approximate surface area is 221 Å². The Bertz CT molecular complexity index is 1970. The van der Waals surface area contributed by atoms with Crippen LogP contribution in [-0.4, -0.2) is 44.6 Å². The monoisotopic (exact) mass is 615 g/mol. The van der Waals surface area contributed by atoms with Crippen LogP contribution in [0.4, 0.5) is 0 Å². The zero-order chi connectivity index (χ0) is 24.3. The molecule has 1 aliphatic heterocycles. The van der Waals surface area contributed by atoms with Crippen LogP contribution in [0.5, 0.6) is 0 Å². The number of carbonyl (C=O) groups is 2. The van der Waals surface area contributed by atoms with E-state index in [4.69, 9.17) is 0 Å². The second-order valence-corrected chi connectivity index (χ2v) is 18.2. The predicted octanol–water partition coefficient (Wildman–Crippen LogP) is 5.65. The number of aromatic nitrogens is 1. The predicted molar refractivity (Wildman–Crippen MR) is 153 cm³/mol. The summed E-state index contributed by atoms with van der Waals surface area (Å²) in [7, 11) is -1.98. The first-order chi connectivity index (χ1) is 17.4. The number of Topliss-reactive ketones (excluding diaryl/α,β-unsaturated/α-hetero) is 2. The number of ketones is 2. The Morgan fingerprint density at radius 2 is 1.64 bits per heavy atom. The molecule has 172 valence electrons. The van der Waals surface area contributed by atoms with Gasteiger partial charge in [0.25, 0.3) is 0 Å². The molecule has 2 aliphatic rings. The van der Waals surface area contributed by atoms with Crippen molar-refractivity contribution in [3.63, 3.8) is 0 Å². The third kappa shape index (κ3) is 2.58. The van der Waals surface area contributed by atoms with Crippen molar-refractivity contribution in [3.05, 3.63) is 92.4 Å². The molecular weight excluding hydrogens is 594 g/mol. The first-order valence-electron chi connectivity index (χ1n) is 11.9. The van der Waals surface area contributed by atoms with Gasteiger partial charge in [-0.1, -0.05) is 30.3 Å². The summed E-state index contributed by atoms with van der Waals surface area (Å²) in [5.74, 6) is -0.268. The average molecular weight is 613 g/mol. The quantitative estimate of drug-likeness (QED) is 0.137. The summed E-state index contributed by atoms with van der Waals surface area (Å²) in [4.78, 5) is 27.7. The van der Waals surface area contributed by atoms with Crippen molar-refractivity contribution in [1.29, 1.82) is 0 Å². The van der Waals surface area contributed by atoms with Gasteiger partial charge >= 0.3 is 193 Å².